The second-order valence-corrected chi connectivity index (χ2v) is 5.97. The molecule has 0 aromatic heterocycles. The Morgan fingerprint density at radius 2 is 2.12 bits per heavy atom. The van der Waals surface area contributed by atoms with Gasteiger partial charge in [0, 0.05) is 12.0 Å². The molecule has 16 heavy (non-hydrogen) atoms. The van der Waals surface area contributed by atoms with Gasteiger partial charge in [0.15, 0.2) is 5.78 Å². The maximum absolute atomic E-state index is 11.9. The average Bonchev–Trinajstić information content (AvgIpc) is 2.17. The van der Waals surface area contributed by atoms with Crippen LogP contribution in [-0.4, -0.2) is 43.9 Å². The number of carbonyl (C=O) groups is 1. The van der Waals surface area contributed by atoms with E-state index in [4.69, 9.17) is 0 Å². The fourth-order valence-electron chi connectivity index (χ4n) is 2.19. The van der Waals surface area contributed by atoms with Crippen molar-refractivity contribution >= 4 is 5.78 Å². The van der Waals surface area contributed by atoms with Gasteiger partial charge in [0.1, 0.15) is 0 Å². The number of hydrogen-bond donors (Lipinski definition) is 1. The molecule has 3 nitrogen and oxygen atoms in total. The van der Waals surface area contributed by atoms with Crippen LogP contribution in [0.5, 0.6) is 0 Å². The Kier molecular flexibility index (Phi) is 4.93. The summed E-state index contributed by atoms with van der Waals surface area (Å²) >= 11 is 0. The molecule has 1 unspecified atom stereocenters. The van der Waals surface area contributed by atoms with E-state index in [0.29, 0.717) is 18.2 Å². The summed E-state index contributed by atoms with van der Waals surface area (Å²) in [5.74, 6) is 1.07. The quantitative estimate of drug-likeness (QED) is 0.789. The first kappa shape index (κ1) is 13.7. The topological polar surface area (TPSA) is 32.3 Å². The van der Waals surface area contributed by atoms with Crippen LogP contribution < -0.4 is 5.32 Å². The second kappa shape index (κ2) is 5.78. The van der Waals surface area contributed by atoms with Crippen molar-refractivity contribution in [1.82, 2.24) is 10.2 Å². The molecule has 0 aromatic rings. The standard InChI is InChI=1S/C13H26N2O/c1-13(2,3)12(16)10-15-7-5-6-11(9-15)8-14-4/h11,14H,5-10H2,1-4H3. The van der Waals surface area contributed by atoms with E-state index < -0.39 is 0 Å². The van der Waals surface area contributed by atoms with E-state index >= 15 is 0 Å². The van der Waals surface area contributed by atoms with Gasteiger partial charge in [0.25, 0.3) is 0 Å². The number of piperidine rings is 1. The third kappa shape index (κ3) is 4.22. The molecule has 0 amide bonds. The monoisotopic (exact) mass is 226 g/mol. The summed E-state index contributed by atoms with van der Waals surface area (Å²) in [4.78, 5) is 14.3. The Hall–Kier alpha value is -0.410. The highest BCUT2D eigenvalue weighted by molar-refractivity contribution is 5.85. The van der Waals surface area contributed by atoms with Gasteiger partial charge in [-0.3, -0.25) is 9.69 Å². The Balaban J connectivity index is 2.40. The molecule has 0 aromatic carbocycles. The lowest BCUT2D eigenvalue weighted by molar-refractivity contribution is -0.127. The van der Waals surface area contributed by atoms with Crippen molar-refractivity contribution in [2.45, 2.75) is 33.6 Å². The van der Waals surface area contributed by atoms with Crippen molar-refractivity contribution < 1.29 is 4.79 Å². The summed E-state index contributed by atoms with van der Waals surface area (Å²) in [6.45, 7) is 9.87. The number of rotatable bonds is 4. The van der Waals surface area contributed by atoms with Gasteiger partial charge in [-0.05, 0) is 38.9 Å². The Bertz CT molecular complexity index is 231. The summed E-state index contributed by atoms with van der Waals surface area (Å²) in [5, 5.41) is 3.23. The fourth-order valence-corrected chi connectivity index (χ4v) is 2.19. The van der Waals surface area contributed by atoms with Crippen LogP contribution in [0.1, 0.15) is 33.6 Å². The zero-order chi connectivity index (χ0) is 12.2. The fraction of sp³-hybridized carbons (Fsp3) is 0.923. The molecule has 1 heterocycles. The van der Waals surface area contributed by atoms with E-state index in [2.05, 4.69) is 10.2 Å². The number of ketones is 1. The first-order valence-corrected chi connectivity index (χ1v) is 6.33. The number of likely N-dealkylation sites (tertiary alicyclic amines) is 1. The number of Topliss-reactive ketones (excluding diaryl/α,β-unsaturated/α-hetero) is 1. The second-order valence-electron chi connectivity index (χ2n) is 5.97. The minimum absolute atomic E-state index is 0.198. The van der Waals surface area contributed by atoms with Crippen molar-refractivity contribution in [2.24, 2.45) is 11.3 Å². The first-order valence-electron chi connectivity index (χ1n) is 6.33. The van der Waals surface area contributed by atoms with Crippen LogP contribution in [0.25, 0.3) is 0 Å². The first-order chi connectivity index (χ1) is 7.43. The Labute approximate surface area is 99.6 Å². The minimum Gasteiger partial charge on any atom is -0.319 e. The van der Waals surface area contributed by atoms with Crippen molar-refractivity contribution in [1.29, 1.82) is 0 Å². The maximum Gasteiger partial charge on any atom is 0.152 e. The highest BCUT2D eigenvalue weighted by atomic mass is 16.1. The third-order valence-electron chi connectivity index (χ3n) is 3.30. The minimum atomic E-state index is -0.198. The SMILES string of the molecule is CNCC1CCCN(CC(=O)C(C)(C)C)C1. The predicted octanol–water partition coefficient (Wildman–Crippen LogP) is 1.53. The van der Waals surface area contributed by atoms with Crippen LogP contribution in [0.3, 0.4) is 0 Å². The van der Waals surface area contributed by atoms with Crippen LogP contribution in [0.15, 0.2) is 0 Å². The van der Waals surface area contributed by atoms with E-state index in [-0.39, 0.29) is 5.41 Å². The molecule has 1 fully saturated rings. The molecule has 1 rings (SSSR count). The predicted molar refractivity (Wildman–Crippen MR) is 67.6 cm³/mol. The zero-order valence-electron chi connectivity index (χ0n) is 11.2. The van der Waals surface area contributed by atoms with Crippen LogP contribution in [0.2, 0.25) is 0 Å². The van der Waals surface area contributed by atoms with Gasteiger partial charge in [-0.25, -0.2) is 0 Å². The normalized spacial score (nSPS) is 23.4. The van der Waals surface area contributed by atoms with E-state index in [1.807, 2.05) is 27.8 Å². The highest BCUT2D eigenvalue weighted by Crippen LogP contribution is 2.19. The number of hydrogen-bond acceptors (Lipinski definition) is 3. The largest absolute Gasteiger partial charge is 0.319 e. The number of nitrogens with zero attached hydrogens (tertiary/aromatic N) is 1. The van der Waals surface area contributed by atoms with Crippen LogP contribution in [0, 0.1) is 11.3 Å². The lowest BCUT2D eigenvalue weighted by atomic mass is 9.89. The van der Waals surface area contributed by atoms with Crippen molar-refractivity contribution in [2.75, 3.05) is 33.2 Å². The van der Waals surface area contributed by atoms with Gasteiger partial charge in [-0.1, -0.05) is 20.8 Å². The molecule has 1 aliphatic rings. The molecule has 1 saturated heterocycles. The lowest BCUT2D eigenvalue weighted by Gasteiger charge is -2.33. The average molecular weight is 226 g/mol. The molecule has 3 heteroatoms. The molecular weight excluding hydrogens is 200 g/mol. The molecule has 94 valence electrons. The lowest BCUT2D eigenvalue weighted by Crippen LogP contribution is -2.43. The van der Waals surface area contributed by atoms with E-state index in [1.54, 1.807) is 0 Å². The molecule has 1 atom stereocenters. The van der Waals surface area contributed by atoms with Crippen LogP contribution in [0.4, 0.5) is 0 Å². The number of nitrogens with one attached hydrogen (secondary N) is 1. The summed E-state index contributed by atoms with van der Waals surface area (Å²) in [7, 11) is 2.00. The van der Waals surface area contributed by atoms with E-state index in [1.165, 1.54) is 12.8 Å². The number of carbonyl (C=O) groups excluding carboxylic acids is 1. The van der Waals surface area contributed by atoms with Gasteiger partial charge in [0.2, 0.25) is 0 Å². The Morgan fingerprint density at radius 3 is 2.69 bits per heavy atom. The van der Waals surface area contributed by atoms with Gasteiger partial charge in [-0.15, -0.1) is 0 Å². The summed E-state index contributed by atoms with van der Waals surface area (Å²) in [6.07, 6.45) is 2.52. The molecule has 0 aliphatic carbocycles. The summed E-state index contributed by atoms with van der Waals surface area (Å²) in [5.41, 5.74) is -0.198. The van der Waals surface area contributed by atoms with Crippen molar-refractivity contribution in [3.8, 4) is 0 Å². The highest BCUT2D eigenvalue weighted by Gasteiger charge is 2.26. The smallest absolute Gasteiger partial charge is 0.152 e. The van der Waals surface area contributed by atoms with Crippen LogP contribution in [-0.2, 0) is 4.79 Å². The van der Waals surface area contributed by atoms with Gasteiger partial charge < -0.3 is 5.32 Å². The Morgan fingerprint density at radius 1 is 1.44 bits per heavy atom. The zero-order valence-corrected chi connectivity index (χ0v) is 11.2. The summed E-state index contributed by atoms with van der Waals surface area (Å²) in [6, 6.07) is 0. The van der Waals surface area contributed by atoms with Crippen molar-refractivity contribution in [3.63, 3.8) is 0 Å². The molecule has 0 bridgehead atoms. The molecule has 1 N–H and O–H groups in total. The molecule has 0 saturated carbocycles. The molecule has 0 spiro atoms. The van der Waals surface area contributed by atoms with Crippen LogP contribution >= 0.6 is 0 Å². The van der Waals surface area contributed by atoms with E-state index in [9.17, 15) is 4.79 Å². The third-order valence-corrected chi connectivity index (χ3v) is 3.30. The van der Waals surface area contributed by atoms with Gasteiger partial charge in [0.05, 0.1) is 6.54 Å². The molecular formula is C13H26N2O. The maximum atomic E-state index is 11.9. The summed E-state index contributed by atoms with van der Waals surface area (Å²) < 4.78 is 0. The van der Waals surface area contributed by atoms with Crippen molar-refractivity contribution in [3.05, 3.63) is 0 Å². The molecule has 1 aliphatic heterocycles. The molecule has 0 radical (unpaired) electrons. The van der Waals surface area contributed by atoms with Gasteiger partial charge >= 0.3 is 0 Å². The van der Waals surface area contributed by atoms with E-state index in [0.717, 1.165) is 19.6 Å². The van der Waals surface area contributed by atoms with Gasteiger partial charge in [-0.2, -0.15) is 0 Å².